The number of carbonyl (C=O) groups excluding carboxylic acids is 4. The van der Waals surface area contributed by atoms with E-state index in [1.165, 1.54) is 12.2 Å². The molecule has 0 saturated carbocycles. The standard InChI is InChI=1S/C16H34N2O5.C8H9NO3/c1-15(2,20-5)6-9-23-16(3,4)14(19)18-8-11-22-13-12-21-10-7-17;10-6-2-1-5-9-7(11)3-4-8(9)12/h6-13,17H2,1-5H3,(H,18,19);3-4,6H,1-2,5H2. The highest BCUT2D eigenvalue weighted by Crippen LogP contribution is 2.16. The Morgan fingerprint density at radius 1 is 1.03 bits per heavy atom. The molecule has 0 spiro atoms. The highest BCUT2D eigenvalue weighted by molar-refractivity contribution is 6.12. The molecule has 0 aromatic heterocycles. The number of carbonyl (C=O) groups is 4. The molecule has 0 aliphatic carbocycles. The minimum absolute atomic E-state index is 0.157. The quantitative estimate of drug-likeness (QED) is 0.156. The zero-order valence-electron chi connectivity index (χ0n) is 21.8. The first-order valence-electron chi connectivity index (χ1n) is 11.8. The molecule has 0 bridgehead atoms. The fourth-order valence-electron chi connectivity index (χ4n) is 2.56. The molecule has 0 unspecified atom stereocenters. The number of hydrogen-bond acceptors (Lipinski definition) is 9. The van der Waals surface area contributed by atoms with Crippen molar-refractivity contribution >= 4 is 24.0 Å². The van der Waals surface area contributed by atoms with Gasteiger partial charge < -0.3 is 34.8 Å². The number of imide groups is 1. The van der Waals surface area contributed by atoms with Crippen LogP contribution in [0.3, 0.4) is 0 Å². The fourth-order valence-corrected chi connectivity index (χ4v) is 2.56. The second kappa shape index (κ2) is 18.1. The van der Waals surface area contributed by atoms with Crippen LogP contribution >= 0.6 is 0 Å². The van der Waals surface area contributed by atoms with Crippen LogP contribution in [0.2, 0.25) is 0 Å². The van der Waals surface area contributed by atoms with Crippen molar-refractivity contribution in [1.29, 1.82) is 0 Å². The molecule has 0 aromatic rings. The summed E-state index contributed by atoms with van der Waals surface area (Å²) in [6, 6.07) is 0. The molecule has 0 fully saturated rings. The van der Waals surface area contributed by atoms with Crippen molar-refractivity contribution in [1.82, 2.24) is 10.2 Å². The van der Waals surface area contributed by atoms with Gasteiger partial charge in [-0.15, -0.1) is 0 Å². The first-order valence-corrected chi connectivity index (χ1v) is 11.8. The van der Waals surface area contributed by atoms with Crippen molar-refractivity contribution < 1.29 is 38.1 Å². The van der Waals surface area contributed by atoms with Gasteiger partial charge >= 0.3 is 0 Å². The maximum atomic E-state index is 12.1. The first kappa shape index (κ1) is 32.8. The van der Waals surface area contributed by atoms with Crippen LogP contribution in [-0.2, 0) is 38.1 Å². The Bertz CT molecular complexity index is 662. The van der Waals surface area contributed by atoms with Crippen LogP contribution in [0.15, 0.2) is 12.2 Å². The van der Waals surface area contributed by atoms with Gasteiger partial charge in [0, 0.05) is 45.3 Å². The van der Waals surface area contributed by atoms with Gasteiger partial charge in [-0.05, 0) is 40.5 Å². The summed E-state index contributed by atoms with van der Waals surface area (Å²) in [6.45, 7) is 11.2. The predicted octanol–water partition coefficient (Wildman–Crippen LogP) is 0.595. The predicted molar refractivity (Wildman–Crippen MR) is 131 cm³/mol. The number of rotatable bonds is 18. The van der Waals surface area contributed by atoms with E-state index in [4.69, 9.17) is 24.7 Å². The third kappa shape index (κ3) is 15.4. The largest absolute Gasteiger partial charge is 0.379 e. The number of nitrogens with two attached hydrogens (primary N) is 1. The first-order chi connectivity index (χ1) is 16.5. The highest BCUT2D eigenvalue weighted by Gasteiger charge is 2.29. The minimum Gasteiger partial charge on any atom is -0.379 e. The van der Waals surface area contributed by atoms with E-state index >= 15 is 0 Å². The van der Waals surface area contributed by atoms with Crippen molar-refractivity contribution in [2.75, 3.05) is 59.8 Å². The molecule has 202 valence electrons. The third-order valence-corrected chi connectivity index (χ3v) is 5.04. The average Bonchev–Trinajstić information content (AvgIpc) is 3.13. The molecule has 11 heteroatoms. The van der Waals surface area contributed by atoms with Gasteiger partial charge in [-0.1, -0.05) is 0 Å². The van der Waals surface area contributed by atoms with Gasteiger partial charge in [0.25, 0.3) is 17.7 Å². The molecular weight excluding hydrogens is 458 g/mol. The molecule has 0 saturated heterocycles. The van der Waals surface area contributed by atoms with Crippen molar-refractivity contribution in [3.63, 3.8) is 0 Å². The summed E-state index contributed by atoms with van der Waals surface area (Å²) in [6.07, 6.45) is 4.90. The number of methoxy groups -OCH3 is 1. The number of ether oxygens (including phenoxy) is 4. The number of hydrogen-bond donors (Lipinski definition) is 2. The zero-order valence-corrected chi connectivity index (χ0v) is 21.8. The van der Waals surface area contributed by atoms with Gasteiger partial charge in [-0.25, -0.2) is 0 Å². The van der Waals surface area contributed by atoms with Gasteiger partial charge in [-0.2, -0.15) is 0 Å². The molecule has 1 aliphatic heterocycles. The molecular formula is C24H43N3O8. The van der Waals surface area contributed by atoms with E-state index in [0.29, 0.717) is 71.9 Å². The lowest BCUT2D eigenvalue weighted by molar-refractivity contribution is -0.145. The summed E-state index contributed by atoms with van der Waals surface area (Å²) in [5.41, 5.74) is 4.16. The summed E-state index contributed by atoms with van der Waals surface area (Å²) in [7, 11) is 1.67. The maximum absolute atomic E-state index is 12.1. The Morgan fingerprint density at radius 3 is 2.17 bits per heavy atom. The normalized spacial score (nSPS) is 13.6. The van der Waals surface area contributed by atoms with E-state index in [1.54, 1.807) is 21.0 Å². The molecule has 35 heavy (non-hydrogen) atoms. The fraction of sp³-hybridized carbons (Fsp3) is 0.750. The minimum atomic E-state index is -0.881. The number of nitrogens with zero attached hydrogens (tertiary/aromatic N) is 1. The average molecular weight is 502 g/mol. The van der Waals surface area contributed by atoms with E-state index in [2.05, 4.69) is 5.32 Å². The lowest BCUT2D eigenvalue weighted by Gasteiger charge is -2.28. The Balaban J connectivity index is 0.000000801. The van der Waals surface area contributed by atoms with Gasteiger partial charge in [0.1, 0.15) is 11.9 Å². The van der Waals surface area contributed by atoms with E-state index in [9.17, 15) is 19.2 Å². The molecule has 1 rings (SSSR count). The van der Waals surface area contributed by atoms with Crippen molar-refractivity contribution in [2.24, 2.45) is 5.73 Å². The van der Waals surface area contributed by atoms with Crippen LogP contribution in [0.25, 0.3) is 0 Å². The van der Waals surface area contributed by atoms with E-state index in [1.807, 2.05) is 13.8 Å². The SMILES string of the molecule is COC(C)(C)CCOC(C)(C)C(=O)NCCOCCOCCN.O=CCCCN1C(=O)C=CC1=O. The molecule has 3 amide bonds. The van der Waals surface area contributed by atoms with Gasteiger partial charge in [0.05, 0.1) is 38.6 Å². The van der Waals surface area contributed by atoms with Crippen LogP contribution in [0, 0.1) is 0 Å². The zero-order chi connectivity index (χ0) is 26.7. The Morgan fingerprint density at radius 2 is 1.63 bits per heavy atom. The second-order valence-electron chi connectivity index (χ2n) is 8.81. The summed E-state index contributed by atoms with van der Waals surface area (Å²) >= 11 is 0. The number of unbranched alkanes of at least 4 members (excludes halogenated alkanes) is 1. The summed E-state index contributed by atoms with van der Waals surface area (Å²) in [5, 5.41) is 2.81. The number of amides is 3. The molecule has 1 heterocycles. The summed E-state index contributed by atoms with van der Waals surface area (Å²) < 4.78 is 21.5. The Labute approximate surface area is 208 Å². The van der Waals surface area contributed by atoms with Crippen molar-refractivity contribution in [2.45, 2.75) is 58.2 Å². The van der Waals surface area contributed by atoms with Crippen LogP contribution in [0.1, 0.15) is 47.0 Å². The lowest BCUT2D eigenvalue weighted by Crippen LogP contribution is -2.46. The van der Waals surface area contributed by atoms with Gasteiger partial charge in [0.15, 0.2) is 0 Å². The van der Waals surface area contributed by atoms with Crippen molar-refractivity contribution in [3.8, 4) is 0 Å². The monoisotopic (exact) mass is 501 g/mol. The molecule has 0 radical (unpaired) electrons. The van der Waals surface area contributed by atoms with Crippen LogP contribution < -0.4 is 11.1 Å². The molecule has 0 atom stereocenters. The Hall–Kier alpha value is -2.18. The molecule has 0 aromatic carbocycles. The van der Waals surface area contributed by atoms with E-state index in [0.717, 1.165) is 11.2 Å². The number of nitrogens with one attached hydrogen (secondary N) is 1. The van der Waals surface area contributed by atoms with E-state index in [-0.39, 0.29) is 23.3 Å². The number of aldehydes is 1. The highest BCUT2D eigenvalue weighted by atomic mass is 16.5. The summed E-state index contributed by atoms with van der Waals surface area (Å²) in [5.74, 6) is -0.729. The lowest BCUT2D eigenvalue weighted by atomic mass is 10.1. The smallest absolute Gasteiger partial charge is 0.253 e. The van der Waals surface area contributed by atoms with Crippen LogP contribution in [0.5, 0.6) is 0 Å². The van der Waals surface area contributed by atoms with Gasteiger partial charge in [0.2, 0.25) is 0 Å². The topological polar surface area (TPSA) is 146 Å². The van der Waals surface area contributed by atoms with Crippen LogP contribution in [-0.4, -0.2) is 99.9 Å². The second-order valence-corrected chi connectivity index (χ2v) is 8.81. The maximum Gasteiger partial charge on any atom is 0.253 e. The molecule has 3 N–H and O–H groups in total. The molecule has 1 aliphatic rings. The van der Waals surface area contributed by atoms with Crippen molar-refractivity contribution in [3.05, 3.63) is 12.2 Å². The molecule has 11 nitrogen and oxygen atoms in total. The van der Waals surface area contributed by atoms with Gasteiger partial charge in [-0.3, -0.25) is 19.3 Å². The van der Waals surface area contributed by atoms with Crippen LogP contribution in [0.4, 0.5) is 0 Å². The third-order valence-electron chi connectivity index (χ3n) is 5.04. The summed E-state index contributed by atoms with van der Waals surface area (Å²) in [4.78, 5) is 45.0. The van der Waals surface area contributed by atoms with E-state index < -0.39 is 5.60 Å². The Kier molecular flexibility index (Phi) is 17.0.